The topological polar surface area (TPSA) is 38.3 Å². The highest BCUT2D eigenvalue weighted by molar-refractivity contribution is 9.12. The minimum absolute atomic E-state index is 0.161. The van der Waals surface area contributed by atoms with Crippen LogP contribution in [0.5, 0.6) is 5.75 Å². The van der Waals surface area contributed by atoms with Gasteiger partial charge in [-0.05, 0) is 54.0 Å². The van der Waals surface area contributed by atoms with E-state index in [0.29, 0.717) is 11.1 Å². The van der Waals surface area contributed by atoms with E-state index in [9.17, 15) is 4.79 Å². The van der Waals surface area contributed by atoms with Gasteiger partial charge in [0.15, 0.2) is 0 Å². The molecule has 0 spiro atoms. The van der Waals surface area contributed by atoms with Gasteiger partial charge in [0.25, 0.3) is 5.91 Å². The molecule has 0 saturated heterocycles. The standard InChI is InChI=1S/C12H14BrNO2/c1-3-11(13)12(15)14-9-5-7-10(8-6-9)16-4-2/h3,5-8H,4H2,1-2H3,(H,14,15). The monoisotopic (exact) mass is 283 g/mol. The van der Waals surface area contributed by atoms with Crippen molar-refractivity contribution in [3.8, 4) is 5.75 Å². The number of benzene rings is 1. The van der Waals surface area contributed by atoms with Crippen LogP contribution in [0.15, 0.2) is 34.8 Å². The summed E-state index contributed by atoms with van der Waals surface area (Å²) in [5.41, 5.74) is 0.743. The maximum absolute atomic E-state index is 11.5. The van der Waals surface area contributed by atoms with E-state index in [0.717, 1.165) is 11.4 Å². The second-order valence-corrected chi connectivity index (χ2v) is 3.90. The van der Waals surface area contributed by atoms with Crippen LogP contribution >= 0.6 is 15.9 Å². The molecule has 16 heavy (non-hydrogen) atoms. The van der Waals surface area contributed by atoms with Crippen molar-refractivity contribution in [2.45, 2.75) is 13.8 Å². The van der Waals surface area contributed by atoms with E-state index in [4.69, 9.17) is 4.74 Å². The molecule has 0 heterocycles. The first-order valence-corrected chi connectivity index (χ1v) is 5.82. The predicted molar refractivity (Wildman–Crippen MR) is 68.9 cm³/mol. The molecule has 0 aliphatic rings. The normalized spacial score (nSPS) is 11.1. The van der Waals surface area contributed by atoms with Crippen molar-refractivity contribution in [3.05, 3.63) is 34.8 Å². The molecule has 0 aromatic heterocycles. The zero-order chi connectivity index (χ0) is 12.0. The lowest BCUT2D eigenvalue weighted by molar-refractivity contribution is -0.112. The summed E-state index contributed by atoms with van der Waals surface area (Å²) < 4.78 is 5.82. The summed E-state index contributed by atoms with van der Waals surface area (Å²) in [6.45, 7) is 4.36. The van der Waals surface area contributed by atoms with E-state index in [2.05, 4.69) is 21.2 Å². The molecule has 0 unspecified atom stereocenters. The number of hydrogen-bond acceptors (Lipinski definition) is 2. The molecule has 1 aromatic carbocycles. The first kappa shape index (κ1) is 12.8. The summed E-state index contributed by atoms with van der Waals surface area (Å²) in [6.07, 6.45) is 1.70. The largest absolute Gasteiger partial charge is 0.494 e. The minimum atomic E-state index is -0.161. The summed E-state index contributed by atoms with van der Waals surface area (Å²) in [5, 5.41) is 2.75. The first-order valence-electron chi connectivity index (χ1n) is 5.03. The van der Waals surface area contributed by atoms with E-state index < -0.39 is 0 Å². The van der Waals surface area contributed by atoms with Crippen LogP contribution in [-0.4, -0.2) is 12.5 Å². The molecule has 0 fully saturated rings. The predicted octanol–water partition coefficient (Wildman–Crippen LogP) is 3.32. The molecule has 86 valence electrons. The van der Waals surface area contributed by atoms with E-state index in [1.165, 1.54) is 0 Å². The maximum Gasteiger partial charge on any atom is 0.262 e. The molecule has 0 saturated carbocycles. The number of ether oxygens (including phenoxy) is 1. The summed E-state index contributed by atoms with van der Waals surface area (Å²) in [4.78, 5) is 11.5. The lowest BCUT2D eigenvalue weighted by Gasteiger charge is -2.06. The van der Waals surface area contributed by atoms with Crippen LogP contribution in [0.3, 0.4) is 0 Å². The Kier molecular flexibility index (Phi) is 5.05. The van der Waals surface area contributed by atoms with Crippen molar-refractivity contribution in [1.29, 1.82) is 0 Å². The quantitative estimate of drug-likeness (QED) is 0.861. The Morgan fingerprint density at radius 1 is 1.44 bits per heavy atom. The first-order chi connectivity index (χ1) is 7.67. The van der Waals surface area contributed by atoms with Gasteiger partial charge in [-0.2, -0.15) is 0 Å². The molecular formula is C12H14BrNO2. The number of halogens is 1. The molecule has 0 radical (unpaired) electrons. The Bertz CT molecular complexity index is 385. The summed E-state index contributed by atoms with van der Waals surface area (Å²) in [5.74, 6) is 0.636. The van der Waals surface area contributed by atoms with E-state index in [-0.39, 0.29) is 5.91 Å². The molecule has 0 atom stereocenters. The lowest BCUT2D eigenvalue weighted by atomic mass is 10.3. The molecule has 1 amide bonds. The SMILES string of the molecule is CC=C(Br)C(=O)Nc1ccc(OCC)cc1. The van der Waals surface area contributed by atoms with Crippen LogP contribution in [0.1, 0.15) is 13.8 Å². The van der Waals surface area contributed by atoms with Gasteiger partial charge in [0.2, 0.25) is 0 Å². The Morgan fingerprint density at radius 3 is 2.56 bits per heavy atom. The highest BCUT2D eigenvalue weighted by Crippen LogP contribution is 2.17. The Balaban J connectivity index is 2.65. The van der Waals surface area contributed by atoms with Gasteiger partial charge in [-0.25, -0.2) is 0 Å². The average Bonchev–Trinajstić information content (AvgIpc) is 2.31. The Hall–Kier alpha value is -1.29. The van der Waals surface area contributed by atoms with Crippen molar-refractivity contribution in [3.63, 3.8) is 0 Å². The summed E-state index contributed by atoms with van der Waals surface area (Å²) in [6, 6.07) is 7.25. The van der Waals surface area contributed by atoms with Gasteiger partial charge in [0.05, 0.1) is 11.1 Å². The maximum atomic E-state index is 11.5. The molecule has 3 nitrogen and oxygen atoms in total. The van der Waals surface area contributed by atoms with Gasteiger partial charge in [-0.1, -0.05) is 6.08 Å². The molecule has 4 heteroatoms. The lowest BCUT2D eigenvalue weighted by Crippen LogP contribution is -2.10. The highest BCUT2D eigenvalue weighted by atomic mass is 79.9. The van der Waals surface area contributed by atoms with Crippen molar-refractivity contribution in [2.24, 2.45) is 0 Å². The van der Waals surface area contributed by atoms with Gasteiger partial charge in [-0.3, -0.25) is 4.79 Å². The molecule has 0 bridgehead atoms. The summed E-state index contributed by atoms with van der Waals surface area (Å²) in [7, 11) is 0. The van der Waals surface area contributed by atoms with Crippen LogP contribution < -0.4 is 10.1 Å². The highest BCUT2D eigenvalue weighted by Gasteiger charge is 2.04. The number of rotatable bonds is 4. The van der Waals surface area contributed by atoms with E-state index in [1.54, 1.807) is 25.1 Å². The molecule has 1 aromatic rings. The van der Waals surface area contributed by atoms with Gasteiger partial charge in [0, 0.05) is 5.69 Å². The fourth-order valence-electron chi connectivity index (χ4n) is 1.12. The van der Waals surface area contributed by atoms with Crippen LogP contribution in [0, 0.1) is 0 Å². The second kappa shape index (κ2) is 6.33. The second-order valence-electron chi connectivity index (χ2n) is 3.05. The zero-order valence-electron chi connectivity index (χ0n) is 9.29. The smallest absolute Gasteiger partial charge is 0.262 e. The fraction of sp³-hybridized carbons (Fsp3) is 0.250. The molecule has 0 aliphatic heterocycles. The summed E-state index contributed by atoms with van der Waals surface area (Å²) >= 11 is 3.16. The Morgan fingerprint density at radius 2 is 2.06 bits per heavy atom. The third-order valence-corrected chi connectivity index (χ3v) is 2.71. The zero-order valence-corrected chi connectivity index (χ0v) is 10.9. The van der Waals surface area contributed by atoms with Crippen LogP contribution in [0.25, 0.3) is 0 Å². The van der Waals surface area contributed by atoms with Crippen LogP contribution in [0.2, 0.25) is 0 Å². The third-order valence-electron chi connectivity index (χ3n) is 1.89. The van der Waals surface area contributed by atoms with Gasteiger partial charge >= 0.3 is 0 Å². The number of anilines is 1. The minimum Gasteiger partial charge on any atom is -0.494 e. The van der Waals surface area contributed by atoms with Crippen molar-refractivity contribution in [1.82, 2.24) is 0 Å². The number of hydrogen-bond donors (Lipinski definition) is 1. The van der Waals surface area contributed by atoms with Crippen LogP contribution in [0.4, 0.5) is 5.69 Å². The van der Waals surface area contributed by atoms with E-state index >= 15 is 0 Å². The number of allylic oxidation sites excluding steroid dienone is 1. The van der Waals surface area contributed by atoms with Gasteiger partial charge in [0.1, 0.15) is 5.75 Å². The fourth-order valence-corrected chi connectivity index (χ4v) is 1.22. The molecule has 0 aliphatic carbocycles. The molecule has 1 rings (SSSR count). The number of carbonyl (C=O) groups excluding carboxylic acids is 1. The number of amides is 1. The van der Waals surface area contributed by atoms with Crippen LogP contribution in [-0.2, 0) is 4.79 Å². The molecular weight excluding hydrogens is 270 g/mol. The van der Waals surface area contributed by atoms with Gasteiger partial charge in [-0.15, -0.1) is 0 Å². The van der Waals surface area contributed by atoms with Crippen molar-refractivity contribution >= 4 is 27.5 Å². The average molecular weight is 284 g/mol. The van der Waals surface area contributed by atoms with E-state index in [1.807, 2.05) is 19.1 Å². The number of nitrogens with one attached hydrogen (secondary N) is 1. The van der Waals surface area contributed by atoms with Crippen molar-refractivity contribution < 1.29 is 9.53 Å². The Labute approximate surface area is 104 Å². The number of carbonyl (C=O) groups is 1. The molecule has 1 N–H and O–H groups in total. The third kappa shape index (κ3) is 3.70. The van der Waals surface area contributed by atoms with Crippen molar-refractivity contribution in [2.75, 3.05) is 11.9 Å². The van der Waals surface area contributed by atoms with Gasteiger partial charge < -0.3 is 10.1 Å².